The third-order valence-corrected chi connectivity index (χ3v) is 1.80. The van der Waals surface area contributed by atoms with E-state index in [9.17, 15) is 4.79 Å². The van der Waals surface area contributed by atoms with Crippen LogP contribution in [0.2, 0.25) is 0 Å². The van der Waals surface area contributed by atoms with Crippen LogP contribution in [0.3, 0.4) is 0 Å². The number of rotatable bonds is 3. The molecule has 0 radical (unpaired) electrons. The molecule has 1 aromatic rings. The predicted molar refractivity (Wildman–Crippen MR) is 43.8 cm³/mol. The van der Waals surface area contributed by atoms with E-state index in [0.29, 0.717) is 6.54 Å². The van der Waals surface area contributed by atoms with E-state index < -0.39 is 5.97 Å². The summed E-state index contributed by atoms with van der Waals surface area (Å²) in [5.41, 5.74) is 0.989. The number of aryl methyl sites for hydroxylation is 1. The summed E-state index contributed by atoms with van der Waals surface area (Å²) in [5, 5.41) is 12.6. The normalized spacial score (nSPS) is 12.8. The Morgan fingerprint density at radius 3 is 2.92 bits per heavy atom. The van der Waals surface area contributed by atoms with Gasteiger partial charge in [0.25, 0.3) is 0 Å². The van der Waals surface area contributed by atoms with Gasteiger partial charge in [0.15, 0.2) is 0 Å². The van der Waals surface area contributed by atoms with E-state index in [2.05, 4.69) is 5.10 Å². The molecule has 0 amide bonds. The van der Waals surface area contributed by atoms with Gasteiger partial charge in [0.1, 0.15) is 0 Å². The lowest BCUT2D eigenvalue weighted by Crippen LogP contribution is -2.18. The van der Waals surface area contributed by atoms with Gasteiger partial charge in [-0.2, -0.15) is 5.10 Å². The number of aromatic nitrogens is 2. The molecule has 1 N–H and O–H groups in total. The first-order valence-corrected chi connectivity index (χ1v) is 3.82. The van der Waals surface area contributed by atoms with E-state index in [1.165, 1.54) is 0 Å². The Bertz CT molecular complexity index is 280. The van der Waals surface area contributed by atoms with Gasteiger partial charge in [0, 0.05) is 11.9 Å². The standard InChI is InChI=1S/C8H12N2O2/c1-6(8(11)12)5-10-7(2)3-4-9-10/h3-4,6H,5H2,1-2H3,(H,11,12)/t6-/m0/s1. The molecule has 4 nitrogen and oxygen atoms in total. The third-order valence-electron chi connectivity index (χ3n) is 1.80. The summed E-state index contributed by atoms with van der Waals surface area (Å²) in [4.78, 5) is 10.5. The highest BCUT2D eigenvalue weighted by molar-refractivity contribution is 5.69. The summed E-state index contributed by atoms with van der Waals surface area (Å²) in [6, 6.07) is 1.86. The van der Waals surface area contributed by atoms with Crippen molar-refractivity contribution in [2.24, 2.45) is 5.92 Å². The maximum absolute atomic E-state index is 10.5. The van der Waals surface area contributed by atoms with E-state index in [0.717, 1.165) is 5.69 Å². The fraction of sp³-hybridized carbons (Fsp3) is 0.500. The fourth-order valence-electron chi connectivity index (χ4n) is 0.927. The van der Waals surface area contributed by atoms with Crippen molar-refractivity contribution < 1.29 is 9.90 Å². The lowest BCUT2D eigenvalue weighted by atomic mass is 10.2. The van der Waals surface area contributed by atoms with E-state index in [1.54, 1.807) is 17.8 Å². The molecule has 0 aromatic carbocycles. The van der Waals surface area contributed by atoms with Crippen LogP contribution in [0.1, 0.15) is 12.6 Å². The molecule has 12 heavy (non-hydrogen) atoms. The molecule has 1 rings (SSSR count). The van der Waals surface area contributed by atoms with Gasteiger partial charge >= 0.3 is 5.97 Å². The van der Waals surface area contributed by atoms with Crippen LogP contribution in [-0.4, -0.2) is 20.9 Å². The highest BCUT2D eigenvalue weighted by Crippen LogP contribution is 2.02. The van der Waals surface area contributed by atoms with Crippen molar-refractivity contribution in [1.82, 2.24) is 9.78 Å². The zero-order chi connectivity index (χ0) is 9.14. The van der Waals surface area contributed by atoms with Crippen LogP contribution in [0.15, 0.2) is 12.3 Å². The number of carboxylic acids is 1. The molecule has 4 heteroatoms. The number of nitrogens with zero attached hydrogens (tertiary/aromatic N) is 2. The number of hydrogen-bond donors (Lipinski definition) is 1. The Labute approximate surface area is 70.8 Å². The van der Waals surface area contributed by atoms with Crippen LogP contribution in [-0.2, 0) is 11.3 Å². The average Bonchev–Trinajstić information content (AvgIpc) is 2.36. The van der Waals surface area contributed by atoms with Crippen LogP contribution in [0, 0.1) is 12.8 Å². The molecule has 66 valence electrons. The summed E-state index contributed by atoms with van der Waals surface area (Å²) in [7, 11) is 0. The molecule has 0 aliphatic heterocycles. The first-order valence-electron chi connectivity index (χ1n) is 3.82. The SMILES string of the molecule is Cc1ccnn1C[C@H](C)C(=O)O. The molecule has 0 aliphatic rings. The fourth-order valence-corrected chi connectivity index (χ4v) is 0.927. The second-order valence-corrected chi connectivity index (χ2v) is 2.89. The topological polar surface area (TPSA) is 55.1 Å². The van der Waals surface area contributed by atoms with Gasteiger partial charge in [0.05, 0.1) is 12.5 Å². The average molecular weight is 168 g/mol. The van der Waals surface area contributed by atoms with Gasteiger partial charge in [0.2, 0.25) is 0 Å². The number of hydrogen-bond acceptors (Lipinski definition) is 2. The Hall–Kier alpha value is -1.32. The van der Waals surface area contributed by atoms with Gasteiger partial charge in [-0.1, -0.05) is 6.92 Å². The largest absolute Gasteiger partial charge is 0.481 e. The highest BCUT2D eigenvalue weighted by atomic mass is 16.4. The maximum atomic E-state index is 10.5. The van der Waals surface area contributed by atoms with Gasteiger partial charge < -0.3 is 5.11 Å². The van der Waals surface area contributed by atoms with Crippen molar-refractivity contribution in [3.8, 4) is 0 Å². The van der Waals surface area contributed by atoms with Crippen LogP contribution >= 0.6 is 0 Å². The number of carbonyl (C=O) groups is 1. The van der Waals surface area contributed by atoms with E-state index >= 15 is 0 Å². The summed E-state index contributed by atoms with van der Waals surface area (Å²) >= 11 is 0. The second kappa shape index (κ2) is 3.38. The predicted octanol–water partition coefficient (Wildman–Crippen LogP) is 0.912. The number of carboxylic acid groups (broad SMARTS) is 1. The molecular weight excluding hydrogens is 156 g/mol. The zero-order valence-corrected chi connectivity index (χ0v) is 7.19. The molecule has 1 aromatic heterocycles. The first-order chi connectivity index (χ1) is 5.61. The summed E-state index contributed by atoms with van der Waals surface area (Å²) in [5.74, 6) is -1.17. The van der Waals surface area contributed by atoms with E-state index in [-0.39, 0.29) is 5.92 Å². The lowest BCUT2D eigenvalue weighted by molar-refractivity contribution is -0.141. The second-order valence-electron chi connectivity index (χ2n) is 2.89. The Kier molecular flexibility index (Phi) is 2.47. The van der Waals surface area contributed by atoms with Gasteiger partial charge in [-0.15, -0.1) is 0 Å². The highest BCUT2D eigenvalue weighted by Gasteiger charge is 2.12. The van der Waals surface area contributed by atoms with Crippen molar-refractivity contribution in [3.63, 3.8) is 0 Å². The van der Waals surface area contributed by atoms with Gasteiger partial charge in [-0.05, 0) is 13.0 Å². The first kappa shape index (κ1) is 8.77. The molecule has 0 spiro atoms. The summed E-state index contributed by atoms with van der Waals surface area (Å²) < 4.78 is 1.69. The summed E-state index contributed by atoms with van der Waals surface area (Å²) in [6.07, 6.45) is 1.67. The van der Waals surface area contributed by atoms with Gasteiger partial charge in [-0.3, -0.25) is 9.48 Å². The minimum Gasteiger partial charge on any atom is -0.481 e. The molecule has 0 saturated heterocycles. The van der Waals surface area contributed by atoms with Crippen molar-refractivity contribution >= 4 is 5.97 Å². The molecule has 0 bridgehead atoms. The molecule has 0 aliphatic carbocycles. The van der Waals surface area contributed by atoms with Crippen LogP contribution in [0.25, 0.3) is 0 Å². The van der Waals surface area contributed by atoms with Crippen LogP contribution in [0.4, 0.5) is 0 Å². The molecule has 0 fully saturated rings. The lowest BCUT2D eigenvalue weighted by Gasteiger charge is -2.07. The molecule has 1 heterocycles. The molecule has 0 unspecified atom stereocenters. The Morgan fingerprint density at radius 2 is 2.50 bits per heavy atom. The van der Waals surface area contributed by atoms with Crippen LogP contribution < -0.4 is 0 Å². The molecular formula is C8H12N2O2. The molecule has 0 saturated carbocycles. The molecule has 1 atom stereocenters. The maximum Gasteiger partial charge on any atom is 0.308 e. The van der Waals surface area contributed by atoms with E-state index in [1.807, 2.05) is 13.0 Å². The van der Waals surface area contributed by atoms with Gasteiger partial charge in [-0.25, -0.2) is 0 Å². The van der Waals surface area contributed by atoms with Crippen molar-refractivity contribution in [2.45, 2.75) is 20.4 Å². The minimum atomic E-state index is -0.787. The smallest absolute Gasteiger partial charge is 0.308 e. The zero-order valence-electron chi connectivity index (χ0n) is 7.19. The Balaban J connectivity index is 2.64. The summed E-state index contributed by atoms with van der Waals surface area (Å²) in [6.45, 7) is 4.01. The monoisotopic (exact) mass is 168 g/mol. The van der Waals surface area contributed by atoms with Crippen LogP contribution in [0.5, 0.6) is 0 Å². The van der Waals surface area contributed by atoms with Crippen molar-refractivity contribution in [3.05, 3.63) is 18.0 Å². The quantitative estimate of drug-likeness (QED) is 0.729. The Morgan fingerprint density at radius 1 is 1.83 bits per heavy atom. The third kappa shape index (κ3) is 1.84. The van der Waals surface area contributed by atoms with E-state index in [4.69, 9.17) is 5.11 Å². The number of aliphatic carboxylic acids is 1. The minimum absolute atomic E-state index is 0.386. The van der Waals surface area contributed by atoms with Crippen molar-refractivity contribution in [1.29, 1.82) is 0 Å². The van der Waals surface area contributed by atoms with Crippen molar-refractivity contribution in [2.75, 3.05) is 0 Å².